The zero-order chi connectivity index (χ0) is 22.9. The van der Waals surface area contributed by atoms with Gasteiger partial charge in [0, 0.05) is 5.39 Å². The molecule has 1 unspecified atom stereocenters. The largest absolute Gasteiger partial charge is 0.443 e. The number of benzene rings is 1. The topological polar surface area (TPSA) is 130 Å². The molecule has 0 aliphatic carbocycles. The lowest BCUT2D eigenvalue weighted by Crippen LogP contribution is -2.68. The number of esters is 1. The Labute approximate surface area is 184 Å². The van der Waals surface area contributed by atoms with Crippen LogP contribution in [0.2, 0.25) is 0 Å². The van der Waals surface area contributed by atoms with Gasteiger partial charge in [0.25, 0.3) is 0 Å². The molecule has 3 aromatic heterocycles. The first-order chi connectivity index (χ1) is 14.5. The van der Waals surface area contributed by atoms with E-state index in [1.54, 1.807) is 6.92 Å². The summed E-state index contributed by atoms with van der Waals surface area (Å²) in [5.74, 6) is 0.574. The fourth-order valence-electron chi connectivity index (χ4n) is 3.44. The van der Waals surface area contributed by atoms with E-state index in [9.17, 15) is 4.79 Å². The minimum atomic E-state index is -4.94. The molecule has 0 bridgehead atoms. The molecule has 0 aliphatic rings. The van der Waals surface area contributed by atoms with Gasteiger partial charge in [0.1, 0.15) is 16.6 Å². The average molecular weight is 468 g/mol. The molecule has 0 saturated carbocycles. The Kier molecular flexibility index (Phi) is 6.56. The molecule has 4 rings (SSSR count). The number of pyridine rings is 2. The number of rotatable bonds is 3. The van der Waals surface area contributed by atoms with E-state index >= 15 is 0 Å². The van der Waals surface area contributed by atoms with E-state index in [1.807, 2.05) is 68.8 Å². The summed E-state index contributed by atoms with van der Waals surface area (Å²) in [6.07, 6.45) is 2.02. The number of halogens is 2. The minimum Gasteiger partial charge on any atom is -0.443 e. The van der Waals surface area contributed by atoms with Crippen molar-refractivity contribution < 1.29 is 42.8 Å². The lowest BCUT2D eigenvalue weighted by Gasteiger charge is -2.17. The second-order valence-corrected chi connectivity index (χ2v) is 8.14. The van der Waals surface area contributed by atoms with E-state index in [-0.39, 0.29) is 0 Å². The third kappa shape index (κ3) is 4.99. The van der Waals surface area contributed by atoms with Gasteiger partial charge in [-0.15, -0.1) is 10.2 Å². The summed E-state index contributed by atoms with van der Waals surface area (Å²) in [5.41, 5.74) is 2.70. The highest BCUT2D eigenvalue weighted by molar-refractivity contribution is 6.20. The van der Waals surface area contributed by atoms with Gasteiger partial charge in [0.05, 0.1) is 25.9 Å². The third-order valence-electron chi connectivity index (χ3n) is 4.38. The van der Waals surface area contributed by atoms with E-state index in [1.165, 1.54) is 0 Å². The van der Waals surface area contributed by atoms with Crippen molar-refractivity contribution in [1.82, 2.24) is 4.40 Å². The van der Waals surface area contributed by atoms with Gasteiger partial charge in [-0.05, 0) is 31.2 Å². The van der Waals surface area contributed by atoms with Crippen LogP contribution in [-0.4, -0.2) is 30.0 Å². The summed E-state index contributed by atoms with van der Waals surface area (Å²) < 4.78 is 43.5. The summed E-state index contributed by atoms with van der Waals surface area (Å²) in [5, 5.41) is 0.825. The van der Waals surface area contributed by atoms with E-state index < -0.39 is 21.8 Å². The molecule has 0 radical (unpaired) electrons. The molecule has 0 fully saturated rings. The second-order valence-electron chi connectivity index (χ2n) is 6.77. The normalized spacial score (nSPS) is 12.5. The summed E-state index contributed by atoms with van der Waals surface area (Å²) in [4.78, 5) is 14.7. The summed E-state index contributed by atoms with van der Waals surface area (Å²) >= 11 is 5.87. The molecule has 3 heterocycles. The maximum absolute atomic E-state index is 12.7. The van der Waals surface area contributed by atoms with E-state index in [2.05, 4.69) is 13.7 Å². The summed E-state index contributed by atoms with van der Waals surface area (Å²) in [6.45, 7) is 1.63. The SMILES string of the molecule is CC(Cl)OC(=O)c1cc2c3cccc[n+]3c(N(C)C)n2c2ccccc12.[O-][Cl+3]([O-])([O-])[O-]. The number of hydrogen-bond acceptors (Lipinski definition) is 7. The van der Waals surface area contributed by atoms with Crippen molar-refractivity contribution in [2.45, 2.75) is 12.5 Å². The van der Waals surface area contributed by atoms with Crippen LogP contribution in [0.1, 0.15) is 17.3 Å². The molecule has 0 aliphatic heterocycles. The first kappa shape index (κ1) is 23.0. The van der Waals surface area contributed by atoms with Gasteiger partial charge >= 0.3 is 11.9 Å². The van der Waals surface area contributed by atoms with Crippen molar-refractivity contribution in [1.29, 1.82) is 0 Å². The minimum absolute atomic E-state index is 0.423. The van der Waals surface area contributed by atoms with Gasteiger partial charge in [-0.1, -0.05) is 35.9 Å². The van der Waals surface area contributed by atoms with Crippen molar-refractivity contribution in [3.05, 3.63) is 60.3 Å². The number of carbonyl (C=O) groups excluding carboxylic acids is 1. The molecule has 164 valence electrons. The average Bonchev–Trinajstić information content (AvgIpc) is 3.00. The Hall–Kier alpha value is -2.66. The highest BCUT2D eigenvalue weighted by Crippen LogP contribution is 2.28. The number of para-hydroxylation sites is 1. The molecule has 31 heavy (non-hydrogen) atoms. The van der Waals surface area contributed by atoms with Crippen LogP contribution in [0.25, 0.3) is 21.9 Å². The second kappa shape index (κ2) is 8.83. The maximum Gasteiger partial charge on any atom is 0.369 e. The molecule has 4 aromatic rings. The zero-order valence-corrected chi connectivity index (χ0v) is 18.3. The smallest absolute Gasteiger partial charge is 0.369 e. The molecule has 0 N–H and O–H groups in total. The third-order valence-corrected chi connectivity index (χ3v) is 4.47. The van der Waals surface area contributed by atoms with E-state index in [4.69, 9.17) is 35.0 Å². The number of imidazole rings is 1. The van der Waals surface area contributed by atoms with Crippen LogP contribution in [-0.2, 0) is 4.74 Å². The fourth-order valence-corrected chi connectivity index (χ4v) is 3.52. The summed E-state index contributed by atoms with van der Waals surface area (Å²) in [6, 6.07) is 15.7. The van der Waals surface area contributed by atoms with Crippen molar-refractivity contribution in [2.24, 2.45) is 0 Å². The summed E-state index contributed by atoms with van der Waals surface area (Å²) in [7, 11) is -0.930. The van der Waals surface area contributed by atoms with Crippen LogP contribution in [0.15, 0.2) is 54.7 Å². The van der Waals surface area contributed by atoms with Crippen LogP contribution in [0.4, 0.5) is 5.95 Å². The number of ether oxygens (including phenoxy) is 1. The predicted octanol–water partition coefficient (Wildman–Crippen LogP) is -1.12. The molecule has 9 nitrogen and oxygen atoms in total. The molecular weight excluding hydrogens is 449 g/mol. The molecule has 1 aromatic carbocycles. The van der Waals surface area contributed by atoms with Gasteiger partial charge in [0.15, 0.2) is 5.56 Å². The number of alkyl halides is 1. The lowest BCUT2D eigenvalue weighted by molar-refractivity contribution is -2.00. The van der Waals surface area contributed by atoms with Crippen LogP contribution in [0.5, 0.6) is 0 Å². The molecule has 11 heteroatoms. The van der Waals surface area contributed by atoms with Gasteiger partial charge < -0.3 is 4.74 Å². The highest BCUT2D eigenvalue weighted by Gasteiger charge is 2.26. The number of hydrogen-bond donors (Lipinski definition) is 0. The number of fused-ring (bicyclic) bond motifs is 5. The number of aromatic nitrogens is 2. The standard InChI is InChI=1S/C20H19ClN3O2.ClHO4/c1-13(21)26-19(25)15-12-18-17-10-6-7-11-23(17)20(22(2)3)24(18)16-9-5-4-8-14(15)16;2-1(3,4)5/h4-13H,1-3H3;(H,2,3,4,5)/q+1;/p-1. The van der Waals surface area contributed by atoms with Crippen LogP contribution < -0.4 is 27.9 Å². The number of anilines is 1. The Balaban J connectivity index is 0.000000491. The fraction of sp³-hybridized carbons (Fsp3) is 0.200. The molecule has 0 saturated heterocycles. The Morgan fingerprint density at radius 2 is 1.71 bits per heavy atom. The number of nitrogens with zero attached hydrogens (tertiary/aromatic N) is 3. The van der Waals surface area contributed by atoms with Gasteiger partial charge in [0.2, 0.25) is 0 Å². The van der Waals surface area contributed by atoms with Crippen LogP contribution in [0, 0.1) is 10.2 Å². The van der Waals surface area contributed by atoms with Gasteiger partial charge in [-0.25, -0.2) is 27.8 Å². The predicted molar refractivity (Wildman–Crippen MR) is 103 cm³/mol. The van der Waals surface area contributed by atoms with Crippen LogP contribution in [0.3, 0.4) is 0 Å². The Morgan fingerprint density at radius 3 is 2.32 bits per heavy atom. The van der Waals surface area contributed by atoms with Crippen molar-refractivity contribution in [3.63, 3.8) is 0 Å². The molecular formula is C20H19Cl2N3O6. The quantitative estimate of drug-likeness (QED) is 0.212. The lowest BCUT2D eigenvalue weighted by atomic mass is 10.1. The first-order valence-electron chi connectivity index (χ1n) is 8.99. The zero-order valence-electron chi connectivity index (χ0n) is 16.8. The number of carbonyl (C=O) groups is 1. The van der Waals surface area contributed by atoms with Crippen LogP contribution >= 0.6 is 11.6 Å². The Morgan fingerprint density at radius 1 is 1.10 bits per heavy atom. The monoisotopic (exact) mass is 467 g/mol. The molecule has 0 spiro atoms. The van der Waals surface area contributed by atoms with Gasteiger partial charge in [-0.2, -0.15) is 4.40 Å². The first-order valence-corrected chi connectivity index (χ1v) is 10.7. The van der Waals surface area contributed by atoms with Gasteiger partial charge in [-0.3, -0.25) is 4.90 Å². The molecule has 1 atom stereocenters. The van der Waals surface area contributed by atoms with E-state index in [0.29, 0.717) is 5.56 Å². The Bertz CT molecular complexity index is 1240. The van der Waals surface area contributed by atoms with Crippen molar-refractivity contribution in [3.8, 4) is 0 Å². The maximum atomic E-state index is 12.7. The highest BCUT2D eigenvalue weighted by atomic mass is 35.7. The van der Waals surface area contributed by atoms with Crippen molar-refractivity contribution in [2.75, 3.05) is 19.0 Å². The van der Waals surface area contributed by atoms with E-state index in [0.717, 1.165) is 27.9 Å². The molecule has 0 amide bonds. The van der Waals surface area contributed by atoms with Crippen molar-refractivity contribution >= 4 is 45.5 Å².